The molecule has 0 aliphatic heterocycles. The Hall–Kier alpha value is -2.78. The number of benzene rings is 1. The molecule has 3 rings (SSSR count). The number of anilines is 1. The van der Waals surface area contributed by atoms with E-state index >= 15 is 0 Å². The van der Waals surface area contributed by atoms with Crippen LogP contribution in [-0.4, -0.2) is 22.8 Å². The first-order chi connectivity index (χ1) is 12.5. The van der Waals surface area contributed by atoms with Crippen molar-refractivity contribution in [3.63, 3.8) is 0 Å². The Labute approximate surface area is 159 Å². The zero-order chi connectivity index (χ0) is 18.5. The van der Waals surface area contributed by atoms with Gasteiger partial charge in [0.05, 0.1) is 4.88 Å². The van der Waals surface area contributed by atoms with E-state index in [1.54, 1.807) is 41.8 Å². The van der Waals surface area contributed by atoms with E-state index < -0.39 is 5.91 Å². The Morgan fingerprint density at radius 1 is 1.00 bits per heavy atom. The number of thiophene rings is 1. The average Bonchev–Trinajstić information content (AvgIpc) is 3.34. The highest BCUT2D eigenvalue weighted by atomic mass is 32.1. The molecule has 0 radical (unpaired) electrons. The molecule has 1 aliphatic carbocycles. The van der Waals surface area contributed by atoms with Crippen LogP contribution in [0.15, 0.2) is 41.8 Å². The van der Waals surface area contributed by atoms with Crippen molar-refractivity contribution in [2.24, 2.45) is 5.92 Å². The van der Waals surface area contributed by atoms with Gasteiger partial charge in [0.1, 0.15) is 0 Å². The van der Waals surface area contributed by atoms with Gasteiger partial charge < -0.3 is 5.32 Å². The number of carbonyl (C=O) groups is 3. The summed E-state index contributed by atoms with van der Waals surface area (Å²) in [5, 5.41) is 7.04. The van der Waals surface area contributed by atoms with Gasteiger partial charge in [0.2, 0.25) is 5.91 Å². The zero-order valence-corrected chi connectivity index (χ0v) is 15.2. The van der Waals surface area contributed by atoms with Gasteiger partial charge in [-0.3, -0.25) is 30.6 Å². The van der Waals surface area contributed by atoms with Crippen molar-refractivity contribution in [2.75, 3.05) is 5.32 Å². The number of carbonyl (C=O) groups excluding carboxylic acids is 3. The molecule has 0 bridgehead atoms. The largest absolute Gasteiger partial charge is 0.326 e. The van der Waals surface area contributed by atoms with E-state index in [1.165, 1.54) is 11.3 Å². The number of amides is 3. The zero-order valence-electron chi connectivity index (χ0n) is 13.6. The maximum absolute atomic E-state index is 12.1. The van der Waals surface area contributed by atoms with Crippen molar-refractivity contribution < 1.29 is 14.4 Å². The monoisotopic (exact) mass is 388 g/mol. The van der Waals surface area contributed by atoms with Crippen LogP contribution >= 0.6 is 23.6 Å². The van der Waals surface area contributed by atoms with E-state index in [-0.39, 0.29) is 22.8 Å². The molecular formula is C17H16N4O3S2. The summed E-state index contributed by atoms with van der Waals surface area (Å²) in [6, 6.07) is 9.93. The molecule has 0 unspecified atom stereocenters. The molecule has 0 atom stereocenters. The fourth-order valence-electron chi connectivity index (χ4n) is 2.08. The van der Waals surface area contributed by atoms with Crippen LogP contribution in [0, 0.1) is 5.92 Å². The highest BCUT2D eigenvalue weighted by Crippen LogP contribution is 2.30. The summed E-state index contributed by atoms with van der Waals surface area (Å²) >= 11 is 6.26. The lowest BCUT2D eigenvalue weighted by Gasteiger charge is -2.10. The number of rotatable bonds is 4. The molecule has 1 aliphatic rings. The third-order valence-electron chi connectivity index (χ3n) is 3.62. The second-order valence-corrected chi connectivity index (χ2v) is 7.04. The molecule has 1 saturated carbocycles. The predicted octanol–water partition coefficient (Wildman–Crippen LogP) is 2.05. The lowest BCUT2D eigenvalue weighted by molar-refractivity contribution is -0.117. The summed E-state index contributed by atoms with van der Waals surface area (Å²) in [7, 11) is 0. The lowest BCUT2D eigenvalue weighted by atomic mass is 10.2. The highest BCUT2D eigenvalue weighted by Gasteiger charge is 2.29. The summed E-state index contributed by atoms with van der Waals surface area (Å²) in [5.41, 5.74) is 5.91. The van der Waals surface area contributed by atoms with Gasteiger partial charge in [0, 0.05) is 17.2 Å². The molecular weight excluding hydrogens is 372 g/mol. The second-order valence-electron chi connectivity index (χ2n) is 5.68. The Bertz CT molecular complexity index is 830. The highest BCUT2D eigenvalue weighted by molar-refractivity contribution is 7.80. The maximum atomic E-state index is 12.1. The maximum Gasteiger partial charge on any atom is 0.269 e. The molecule has 9 heteroatoms. The van der Waals surface area contributed by atoms with Gasteiger partial charge in [-0.05, 0) is 60.8 Å². The van der Waals surface area contributed by atoms with Crippen molar-refractivity contribution in [1.82, 2.24) is 16.2 Å². The second kappa shape index (κ2) is 8.07. The molecule has 0 saturated heterocycles. The summed E-state index contributed by atoms with van der Waals surface area (Å²) in [4.78, 5) is 36.1. The molecule has 0 spiro atoms. The minimum atomic E-state index is -0.419. The molecule has 1 fully saturated rings. The number of hydrogen-bond donors (Lipinski definition) is 4. The molecule has 3 amide bonds. The van der Waals surface area contributed by atoms with Crippen LogP contribution in [0.3, 0.4) is 0 Å². The van der Waals surface area contributed by atoms with Gasteiger partial charge in [0.25, 0.3) is 11.8 Å². The minimum Gasteiger partial charge on any atom is -0.326 e. The standard InChI is InChI=1S/C17H16N4O3S2/c22-14(10-3-4-10)18-12-7-5-11(6-8-12)15(23)20-21-17(25)19-16(24)13-2-1-9-26-13/h1-2,5-10H,3-4H2,(H,18,22)(H,20,23)(H2,19,21,24,25). The van der Waals surface area contributed by atoms with E-state index in [0.717, 1.165) is 12.8 Å². The number of thiocarbonyl (C=S) groups is 1. The Balaban J connectivity index is 1.46. The normalized spacial score (nSPS) is 12.8. The first kappa shape index (κ1) is 18.0. The van der Waals surface area contributed by atoms with Crippen molar-refractivity contribution in [2.45, 2.75) is 12.8 Å². The molecule has 26 heavy (non-hydrogen) atoms. The van der Waals surface area contributed by atoms with Crippen LogP contribution in [0.2, 0.25) is 0 Å². The molecule has 7 nitrogen and oxygen atoms in total. The van der Waals surface area contributed by atoms with Crippen molar-refractivity contribution in [3.8, 4) is 0 Å². The number of nitrogens with one attached hydrogen (secondary N) is 4. The summed E-state index contributed by atoms with van der Waals surface area (Å²) < 4.78 is 0. The quantitative estimate of drug-likeness (QED) is 0.475. The first-order valence-corrected chi connectivity index (χ1v) is 9.18. The third-order valence-corrected chi connectivity index (χ3v) is 4.70. The summed E-state index contributed by atoms with van der Waals surface area (Å²) in [6.07, 6.45) is 1.86. The Morgan fingerprint density at radius 3 is 2.35 bits per heavy atom. The van der Waals surface area contributed by atoms with Gasteiger partial charge in [-0.2, -0.15) is 0 Å². The molecule has 134 valence electrons. The van der Waals surface area contributed by atoms with Crippen LogP contribution < -0.4 is 21.5 Å². The van der Waals surface area contributed by atoms with Crippen molar-refractivity contribution in [3.05, 3.63) is 52.2 Å². The van der Waals surface area contributed by atoms with E-state index in [2.05, 4.69) is 21.5 Å². The van der Waals surface area contributed by atoms with Gasteiger partial charge in [-0.1, -0.05) is 6.07 Å². The number of hydrogen-bond acceptors (Lipinski definition) is 5. The van der Waals surface area contributed by atoms with Gasteiger partial charge >= 0.3 is 0 Å². The lowest BCUT2D eigenvalue weighted by Crippen LogP contribution is -2.48. The first-order valence-electron chi connectivity index (χ1n) is 7.89. The molecule has 4 N–H and O–H groups in total. The molecule has 1 aromatic carbocycles. The minimum absolute atomic E-state index is 0.00920. The average molecular weight is 388 g/mol. The van der Waals surface area contributed by atoms with Gasteiger partial charge in [-0.15, -0.1) is 11.3 Å². The van der Waals surface area contributed by atoms with Crippen LogP contribution in [0.4, 0.5) is 5.69 Å². The number of hydrazine groups is 1. The van der Waals surface area contributed by atoms with E-state index in [0.29, 0.717) is 16.1 Å². The van der Waals surface area contributed by atoms with E-state index in [4.69, 9.17) is 12.2 Å². The van der Waals surface area contributed by atoms with Gasteiger partial charge in [-0.25, -0.2) is 0 Å². The van der Waals surface area contributed by atoms with Crippen LogP contribution in [-0.2, 0) is 4.79 Å². The van der Waals surface area contributed by atoms with Crippen molar-refractivity contribution in [1.29, 1.82) is 0 Å². The Kier molecular flexibility index (Phi) is 5.59. The fourth-order valence-corrected chi connectivity index (χ4v) is 2.85. The van der Waals surface area contributed by atoms with E-state index in [1.807, 2.05) is 0 Å². The van der Waals surface area contributed by atoms with Crippen LogP contribution in [0.1, 0.15) is 32.9 Å². The predicted molar refractivity (Wildman–Crippen MR) is 103 cm³/mol. The third kappa shape index (κ3) is 4.87. The smallest absolute Gasteiger partial charge is 0.269 e. The fraction of sp³-hybridized carbons (Fsp3) is 0.176. The van der Waals surface area contributed by atoms with Crippen LogP contribution in [0.25, 0.3) is 0 Å². The summed E-state index contributed by atoms with van der Waals surface area (Å²) in [5.74, 6) is -0.636. The van der Waals surface area contributed by atoms with Crippen LogP contribution in [0.5, 0.6) is 0 Å². The Morgan fingerprint density at radius 2 is 1.73 bits per heavy atom. The molecule has 2 aromatic rings. The van der Waals surface area contributed by atoms with Crippen molar-refractivity contribution >= 4 is 52.1 Å². The van der Waals surface area contributed by atoms with E-state index in [9.17, 15) is 14.4 Å². The SMILES string of the molecule is O=C(NNC(=S)NC(=O)c1cccs1)c1ccc(NC(=O)C2CC2)cc1. The topological polar surface area (TPSA) is 99.3 Å². The molecule has 1 aromatic heterocycles. The summed E-state index contributed by atoms with van der Waals surface area (Å²) in [6.45, 7) is 0. The van der Waals surface area contributed by atoms with Gasteiger partial charge in [0.15, 0.2) is 5.11 Å². The molecule has 1 heterocycles.